The third kappa shape index (κ3) is 5.63. The number of hydrogen-bond acceptors (Lipinski definition) is 6. The van der Waals surface area contributed by atoms with Crippen molar-refractivity contribution in [1.82, 2.24) is 0 Å². The van der Waals surface area contributed by atoms with E-state index in [4.69, 9.17) is 15.8 Å². The van der Waals surface area contributed by atoms with Gasteiger partial charge in [-0.1, -0.05) is 29.8 Å². The van der Waals surface area contributed by atoms with Crippen molar-refractivity contribution in [1.29, 1.82) is 5.26 Å². The lowest BCUT2D eigenvalue weighted by Gasteiger charge is -2.11. The number of hydrogen-bond donors (Lipinski definition) is 2. The summed E-state index contributed by atoms with van der Waals surface area (Å²) in [5.41, 5.74) is 0.180. The molecule has 0 unspecified atom stereocenters. The summed E-state index contributed by atoms with van der Waals surface area (Å²) >= 11 is 6.01. The molecule has 3 aromatic carbocycles. The van der Waals surface area contributed by atoms with Gasteiger partial charge in [0.1, 0.15) is 28.0 Å². The van der Waals surface area contributed by atoms with E-state index in [1.807, 2.05) is 0 Å². The molecule has 0 aliphatic rings. The van der Waals surface area contributed by atoms with Crippen LogP contribution in [0.3, 0.4) is 0 Å². The van der Waals surface area contributed by atoms with E-state index in [0.717, 1.165) is 0 Å². The van der Waals surface area contributed by atoms with Crippen molar-refractivity contribution >= 4 is 39.4 Å². The van der Waals surface area contributed by atoms with E-state index in [9.17, 15) is 23.6 Å². The average molecular weight is 455 g/mol. The van der Waals surface area contributed by atoms with E-state index in [-0.39, 0.29) is 32.6 Å². The Hall–Kier alpha value is -3.80. The van der Waals surface area contributed by atoms with Crippen molar-refractivity contribution in [3.63, 3.8) is 0 Å². The third-order valence-electron chi connectivity index (χ3n) is 3.99. The van der Waals surface area contributed by atoms with Crippen LogP contribution in [-0.2, 0) is 14.9 Å². The predicted molar refractivity (Wildman–Crippen MR) is 116 cm³/mol. The maximum atomic E-state index is 12.6. The molecule has 31 heavy (non-hydrogen) atoms. The summed E-state index contributed by atoms with van der Waals surface area (Å²) in [7, 11) is -4.14. The van der Waals surface area contributed by atoms with Crippen LogP contribution in [0.15, 0.2) is 83.3 Å². The summed E-state index contributed by atoms with van der Waals surface area (Å²) in [6, 6.07) is 19.1. The number of nitrogens with zero attached hydrogens (tertiary/aromatic N) is 1. The Morgan fingerprint density at radius 2 is 1.74 bits per heavy atom. The van der Waals surface area contributed by atoms with Crippen molar-refractivity contribution in [2.45, 2.75) is 4.90 Å². The number of nitrogens with one attached hydrogen (secondary N) is 1. The molecule has 0 bridgehead atoms. The molecule has 0 spiro atoms. The molecule has 156 valence electrons. The van der Waals surface area contributed by atoms with Gasteiger partial charge in [0, 0.05) is 16.3 Å². The van der Waals surface area contributed by atoms with Gasteiger partial charge < -0.3 is 14.6 Å². The van der Waals surface area contributed by atoms with Crippen LogP contribution in [0.4, 0.5) is 5.69 Å². The number of phenolic OH excluding ortho intramolecular Hbond substituents is 1. The van der Waals surface area contributed by atoms with Crippen LogP contribution in [0, 0.1) is 11.3 Å². The molecule has 0 aliphatic carbocycles. The SMILES string of the molecule is N#C/C(=C\c1cc(Cl)ccc1OS(=O)(=O)c1ccccc1)C(=O)Nc1ccc(O)cc1. The summed E-state index contributed by atoms with van der Waals surface area (Å²) in [4.78, 5) is 12.4. The molecule has 0 radical (unpaired) electrons. The number of nitriles is 1. The Kier molecular flexibility index (Phi) is 6.60. The first kappa shape index (κ1) is 21.9. The Morgan fingerprint density at radius 1 is 1.06 bits per heavy atom. The van der Waals surface area contributed by atoms with E-state index in [1.54, 1.807) is 24.3 Å². The third-order valence-corrected chi connectivity index (χ3v) is 5.48. The summed E-state index contributed by atoms with van der Waals surface area (Å²) in [6.45, 7) is 0. The topological polar surface area (TPSA) is 116 Å². The van der Waals surface area contributed by atoms with Crippen molar-refractivity contribution < 1.29 is 22.5 Å². The van der Waals surface area contributed by atoms with E-state index in [1.165, 1.54) is 60.7 Å². The van der Waals surface area contributed by atoms with Crippen molar-refractivity contribution in [3.8, 4) is 17.6 Å². The van der Waals surface area contributed by atoms with Crippen LogP contribution in [0.25, 0.3) is 6.08 Å². The molecule has 2 N–H and O–H groups in total. The molecule has 0 saturated heterocycles. The molecule has 3 aromatic rings. The first-order chi connectivity index (χ1) is 14.8. The highest BCUT2D eigenvalue weighted by atomic mass is 35.5. The highest BCUT2D eigenvalue weighted by Crippen LogP contribution is 2.28. The summed E-state index contributed by atoms with van der Waals surface area (Å²) in [5.74, 6) is -0.808. The summed E-state index contributed by atoms with van der Waals surface area (Å²) < 4.78 is 30.3. The van der Waals surface area contributed by atoms with Crippen LogP contribution in [0.5, 0.6) is 11.5 Å². The zero-order valence-corrected chi connectivity index (χ0v) is 17.4. The zero-order valence-electron chi connectivity index (χ0n) is 15.8. The van der Waals surface area contributed by atoms with E-state index >= 15 is 0 Å². The minimum atomic E-state index is -4.14. The van der Waals surface area contributed by atoms with Gasteiger partial charge in [0.15, 0.2) is 0 Å². The quantitative estimate of drug-likeness (QED) is 0.247. The number of benzene rings is 3. The molecule has 0 aromatic heterocycles. The van der Waals surface area contributed by atoms with Crippen LogP contribution in [-0.4, -0.2) is 19.4 Å². The number of aromatic hydroxyl groups is 1. The number of anilines is 1. The maximum absolute atomic E-state index is 12.6. The number of rotatable bonds is 6. The van der Waals surface area contributed by atoms with Crippen LogP contribution in [0.1, 0.15) is 5.56 Å². The van der Waals surface area contributed by atoms with Crippen LogP contribution in [0.2, 0.25) is 5.02 Å². The first-order valence-corrected chi connectivity index (χ1v) is 10.6. The van der Waals surface area contributed by atoms with E-state index in [2.05, 4.69) is 5.32 Å². The standard InChI is InChI=1S/C22H15ClN2O5S/c23-17-6-11-21(30-31(28,29)20-4-2-1-3-5-20)15(13-17)12-16(14-24)22(27)25-18-7-9-19(26)10-8-18/h1-13,26H,(H,25,27)/b16-12+. The molecule has 0 saturated carbocycles. The normalized spacial score (nSPS) is 11.4. The minimum Gasteiger partial charge on any atom is -0.508 e. The molecule has 0 heterocycles. The van der Waals surface area contributed by atoms with Gasteiger partial charge >= 0.3 is 10.1 Å². The average Bonchev–Trinajstić information content (AvgIpc) is 2.75. The van der Waals surface area contributed by atoms with E-state index in [0.29, 0.717) is 5.69 Å². The monoisotopic (exact) mass is 454 g/mol. The fraction of sp³-hybridized carbons (Fsp3) is 0. The van der Waals surface area contributed by atoms with Gasteiger partial charge in [-0.15, -0.1) is 0 Å². The van der Waals surface area contributed by atoms with Crippen molar-refractivity contribution in [2.75, 3.05) is 5.32 Å². The molecule has 0 fully saturated rings. The number of carbonyl (C=O) groups is 1. The minimum absolute atomic E-state index is 0.0226. The molecular weight excluding hydrogens is 440 g/mol. The number of halogens is 1. The lowest BCUT2D eigenvalue weighted by atomic mass is 10.1. The fourth-order valence-corrected chi connectivity index (χ4v) is 3.66. The number of carbonyl (C=O) groups excluding carboxylic acids is 1. The second kappa shape index (κ2) is 9.34. The first-order valence-electron chi connectivity index (χ1n) is 8.80. The highest BCUT2D eigenvalue weighted by Gasteiger charge is 2.19. The lowest BCUT2D eigenvalue weighted by molar-refractivity contribution is -0.112. The maximum Gasteiger partial charge on any atom is 0.339 e. The van der Waals surface area contributed by atoms with Gasteiger partial charge in [-0.2, -0.15) is 13.7 Å². The molecule has 0 atom stereocenters. The Bertz CT molecular complexity index is 1280. The van der Waals surface area contributed by atoms with Gasteiger partial charge in [0.2, 0.25) is 0 Å². The highest BCUT2D eigenvalue weighted by molar-refractivity contribution is 7.87. The Morgan fingerprint density at radius 3 is 2.39 bits per heavy atom. The lowest BCUT2D eigenvalue weighted by Crippen LogP contribution is -2.14. The molecular formula is C22H15ClN2O5S. The zero-order chi connectivity index (χ0) is 22.4. The number of amides is 1. The second-order valence-electron chi connectivity index (χ2n) is 6.20. The second-order valence-corrected chi connectivity index (χ2v) is 8.19. The summed E-state index contributed by atoms with van der Waals surface area (Å²) in [5, 5.41) is 21.5. The van der Waals surface area contributed by atoms with Crippen LogP contribution < -0.4 is 9.50 Å². The van der Waals surface area contributed by atoms with Crippen molar-refractivity contribution in [2.24, 2.45) is 0 Å². The molecule has 7 nitrogen and oxygen atoms in total. The Labute approximate surface area is 183 Å². The van der Waals surface area contributed by atoms with Crippen molar-refractivity contribution in [3.05, 3.63) is 89.0 Å². The van der Waals surface area contributed by atoms with Gasteiger partial charge in [0.25, 0.3) is 5.91 Å². The number of phenols is 1. The fourth-order valence-electron chi connectivity index (χ4n) is 2.51. The van der Waals surface area contributed by atoms with Gasteiger partial charge in [0.05, 0.1) is 0 Å². The molecule has 9 heteroatoms. The van der Waals surface area contributed by atoms with Gasteiger partial charge in [-0.3, -0.25) is 4.79 Å². The molecule has 3 rings (SSSR count). The molecule has 1 amide bonds. The van der Waals surface area contributed by atoms with Crippen LogP contribution >= 0.6 is 11.6 Å². The summed E-state index contributed by atoms with van der Waals surface area (Å²) in [6.07, 6.45) is 1.18. The molecule has 0 aliphatic heterocycles. The van der Waals surface area contributed by atoms with Gasteiger partial charge in [-0.25, -0.2) is 0 Å². The smallest absolute Gasteiger partial charge is 0.339 e. The van der Waals surface area contributed by atoms with Gasteiger partial charge in [-0.05, 0) is 60.7 Å². The Balaban J connectivity index is 1.93. The largest absolute Gasteiger partial charge is 0.508 e. The van der Waals surface area contributed by atoms with E-state index < -0.39 is 16.0 Å². The predicted octanol–water partition coefficient (Wildman–Crippen LogP) is 4.36.